The van der Waals surface area contributed by atoms with Gasteiger partial charge in [0, 0.05) is 11.6 Å². The van der Waals surface area contributed by atoms with E-state index in [9.17, 15) is 4.79 Å². The van der Waals surface area contributed by atoms with Gasteiger partial charge in [-0.1, -0.05) is 0 Å². The lowest BCUT2D eigenvalue weighted by molar-refractivity contribution is -0.0295. The zero-order chi connectivity index (χ0) is 13.1. The summed E-state index contributed by atoms with van der Waals surface area (Å²) in [5.74, 6) is 3.67. The summed E-state index contributed by atoms with van der Waals surface area (Å²) in [5.41, 5.74) is 1.95. The van der Waals surface area contributed by atoms with E-state index in [1.807, 2.05) is 19.9 Å². The second-order valence-electron chi connectivity index (χ2n) is 7.13. The summed E-state index contributed by atoms with van der Waals surface area (Å²) in [4.78, 5) is 12.9. The number of carbonyl (C=O) groups excluding carboxylic acids is 1. The SMILES string of the molecule is Cc1cc(C)n(C(=O)C2C3CC4CC(C3)CC2C4)n1. The van der Waals surface area contributed by atoms with Crippen molar-refractivity contribution >= 4 is 5.91 Å². The summed E-state index contributed by atoms with van der Waals surface area (Å²) in [6, 6.07) is 2.01. The van der Waals surface area contributed by atoms with Gasteiger partial charge in [0.05, 0.1) is 5.69 Å². The Balaban J connectivity index is 1.65. The summed E-state index contributed by atoms with van der Waals surface area (Å²) in [6.07, 6.45) is 6.62. The molecule has 4 bridgehead atoms. The van der Waals surface area contributed by atoms with Gasteiger partial charge in [-0.05, 0) is 75.7 Å². The number of hydrogen-bond acceptors (Lipinski definition) is 2. The quantitative estimate of drug-likeness (QED) is 0.775. The zero-order valence-electron chi connectivity index (χ0n) is 11.8. The number of aromatic nitrogens is 2. The van der Waals surface area contributed by atoms with E-state index in [-0.39, 0.29) is 11.8 Å². The summed E-state index contributed by atoms with van der Waals surface area (Å²) < 4.78 is 1.68. The Kier molecular flexibility index (Phi) is 2.42. The highest BCUT2D eigenvalue weighted by atomic mass is 16.2. The standard InChI is InChI=1S/C16H22N2O/c1-9-3-10(2)18(17-9)16(19)15-13-5-11-4-12(7-13)8-14(15)6-11/h3,11-15H,4-8H2,1-2H3. The molecule has 4 aliphatic carbocycles. The van der Waals surface area contributed by atoms with Crippen LogP contribution >= 0.6 is 0 Å². The zero-order valence-corrected chi connectivity index (χ0v) is 11.8. The van der Waals surface area contributed by atoms with E-state index in [2.05, 4.69) is 5.10 Å². The predicted molar refractivity (Wildman–Crippen MR) is 72.9 cm³/mol. The molecule has 0 saturated heterocycles. The summed E-state index contributed by atoms with van der Waals surface area (Å²) in [7, 11) is 0. The first-order valence-electron chi connectivity index (χ1n) is 7.69. The molecule has 0 amide bonds. The number of nitrogens with zero attached hydrogens (tertiary/aromatic N) is 2. The third-order valence-corrected chi connectivity index (χ3v) is 5.73. The molecule has 4 saturated carbocycles. The molecule has 4 fully saturated rings. The van der Waals surface area contributed by atoms with E-state index in [1.165, 1.54) is 32.1 Å². The van der Waals surface area contributed by atoms with Gasteiger partial charge in [0.25, 0.3) is 5.91 Å². The van der Waals surface area contributed by atoms with Crippen molar-refractivity contribution in [3.63, 3.8) is 0 Å². The van der Waals surface area contributed by atoms with E-state index in [0.717, 1.165) is 23.2 Å². The molecule has 19 heavy (non-hydrogen) atoms. The molecule has 1 heterocycles. The summed E-state index contributed by atoms with van der Waals surface area (Å²) in [5, 5.41) is 4.41. The number of carbonyl (C=O) groups is 1. The molecule has 3 heteroatoms. The van der Waals surface area contributed by atoms with Gasteiger partial charge in [0.1, 0.15) is 0 Å². The fraction of sp³-hybridized carbons (Fsp3) is 0.750. The molecule has 0 spiro atoms. The van der Waals surface area contributed by atoms with Gasteiger partial charge in [-0.15, -0.1) is 0 Å². The largest absolute Gasteiger partial charge is 0.272 e. The second kappa shape index (κ2) is 3.94. The first-order valence-corrected chi connectivity index (χ1v) is 7.69. The maximum Gasteiger partial charge on any atom is 0.250 e. The predicted octanol–water partition coefficient (Wildman–Crippen LogP) is 3.21. The maximum atomic E-state index is 12.9. The highest BCUT2D eigenvalue weighted by molar-refractivity contribution is 5.82. The molecule has 0 atom stereocenters. The molecule has 0 N–H and O–H groups in total. The third-order valence-electron chi connectivity index (χ3n) is 5.73. The van der Waals surface area contributed by atoms with Crippen LogP contribution < -0.4 is 0 Å². The van der Waals surface area contributed by atoms with Gasteiger partial charge >= 0.3 is 0 Å². The minimum absolute atomic E-state index is 0.255. The summed E-state index contributed by atoms with van der Waals surface area (Å²) in [6.45, 7) is 3.96. The Morgan fingerprint density at radius 3 is 2.16 bits per heavy atom. The van der Waals surface area contributed by atoms with Crippen molar-refractivity contribution in [3.8, 4) is 0 Å². The van der Waals surface area contributed by atoms with Crippen LogP contribution in [0.5, 0.6) is 0 Å². The van der Waals surface area contributed by atoms with E-state index >= 15 is 0 Å². The second-order valence-corrected chi connectivity index (χ2v) is 7.13. The molecular weight excluding hydrogens is 236 g/mol. The lowest BCUT2D eigenvalue weighted by Crippen LogP contribution is -2.49. The van der Waals surface area contributed by atoms with Crippen molar-refractivity contribution in [2.75, 3.05) is 0 Å². The van der Waals surface area contributed by atoms with Crippen LogP contribution in [-0.4, -0.2) is 15.7 Å². The third kappa shape index (κ3) is 1.70. The van der Waals surface area contributed by atoms with E-state index < -0.39 is 0 Å². The molecular formula is C16H22N2O. The van der Waals surface area contributed by atoms with E-state index in [4.69, 9.17) is 0 Å². The Bertz CT molecular complexity index is 503. The fourth-order valence-electron chi connectivity index (χ4n) is 5.32. The van der Waals surface area contributed by atoms with Crippen molar-refractivity contribution < 1.29 is 4.79 Å². The topological polar surface area (TPSA) is 34.9 Å². The normalized spacial score (nSPS) is 39.8. The van der Waals surface area contributed by atoms with Gasteiger partial charge in [0.2, 0.25) is 0 Å². The van der Waals surface area contributed by atoms with Crippen LogP contribution in [0.1, 0.15) is 48.3 Å². The molecule has 1 aromatic rings. The van der Waals surface area contributed by atoms with E-state index in [1.54, 1.807) is 4.68 Å². The van der Waals surface area contributed by atoms with Gasteiger partial charge < -0.3 is 0 Å². The van der Waals surface area contributed by atoms with Crippen LogP contribution in [0.15, 0.2) is 6.07 Å². The van der Waals surface area contributed by atoms with Gasteiger partial charge in [0.15, 0.2) is 0 Å². The van der Waals surface area contributed by atoms with E-state index in [0.29, 0.717) is 11.8 Å². The molecule has 4 aliphatic rings. The summed E-state index contributed by atoms with van der Waals surface area (Å²) >= 11 is 0. The fourth-order valence-corrected chi connectivity index (χ4v) is 5.32. The lowest BCUT2D eigenvalue weighted by atomic mass is 9.51. The maximum absolute atomic E-state index is 12.9. The van der Waals surface area contributed by atoms with Crippen LogP contribution in [0.4, 0.5) is 0 Å². The van der Waals surface area contributed by atoms with Crippen LogP contribution in [0.2, 0.25) is 0 Å². The van der Waals surface area contributed by atoms with Crippen LogP contribution in [-0.2, 0) is 0 Å². The molecule has 3 nitrogen and oxygen atoms in total. The monoisotopic (exact) mass is 258 g/mol. The van der Waals surface area contributed by atoms with Crippen LogP contribution in [0.25, 0.3) is 0 Å². The number of aryl methyl sites for hydroxylation is 2. The van der Waals surface area contributed by atoms with Crippen molar-refractivity contribution in [2.24, 2.45) is 29.6 Å². The van der Waals surface area contributed by atoms with Crippen molar-refractivity contribution in [1.82, 2.24) is 9.78 Å². The van der Waals surface area contributed by atoms with Crippen LogP contribution in [0.3, 0.4) is 0 Å². The average molecular weight is 258 g/mol. The van der Waals surface area contributed by atoms with Crippen molar-refractivity contribution in [2.45, 2.75) is 46.0 Å². The van der Waals surface area contributed by atoms with Crippen LogP contribution in [0, 0.1) is 43.4 Å². The average Bonchev–Trinajstić information content (AvgIpc) is 2.66. The minimum Gasteiger partial charge on any atom is -0.272 e. The first kappa shape index (κ1) is 11.7. The minimum atomic E-state index is 0.255. The Labute approximate surface area is 114 Å². The molecule has 0 unspecified atom stereocenters. The van der Waals surface area contributed by atoms with Gasteiger partial charge in [-0.2, -0.15) is 5.10 Å². The Morgan fingerprint density at radius 2 is 1.68 bits per heavy atom. The van der Waals surface area contributed by atoms with Gasteiger partial charge in [-0.3, -0.25) is 4.79 Å². The molecule has 1 aromatic heterocycles. The van der Waals surface area contributed by atoms with Gasteiger partial charge in [-0.25, -0.2) is 4.68 Å². The Hall–Kier alpha value is -1.12. The molecule has 0 aromatic carbocycles. The Morgan fingerprint density at radius 1 is 1.11 bits per heavy atom. The lowest BCUT2D eigenvalue weighted by Gasteiger charge is -2.53. The van der Waals surface area contributed by atoms with Crippen molar-refractivity contribution in [1.29, 1.82) is 0 Å². The first-order chi connectivity index (χ1) is 9.11. The highest BCUT2D eigenvalue weighted by Crippen LogP contribution is 2.56. The number of rotatable bonds is 1. The number of hydrogen-bond donors (Lipinski definition) is 0. The molecule has 0 aliphatic heterocycles. The molecule has 5 rings (SSSR count). The van der Waals surface area contributed by atoms with Crippen molar-refractivity contribution in [3.05, 3.63) is 17.5 Å². The molecule has 102 valence electrons. The smallest absolute Gasteiger partial charge is 0.250 e. The highest BCUT2D eigenvalue weighted by Gasteiger charge is 2.51. The molecule has 0 radical (unpaired) electrons.